The van der Waals surface area contributed by atoms with Gasteiger partial charge in [-0.2, -0.15) is 5.26 Å². The summed E-state index contributed by atoms with van der Waals surface area (Å²) in [7, 11) is 0. The molecule has 3 N–H and O–H groups in total. The van der Waals surface area contributed by atoms with Crippen molar-refractivity contribution in [3.05, 3.63) is 63.7 Å². The van der Waals surface area contributed by atoms with Gasteiger partial charge in [0.2, 0.25) is 0 Å². The van der Waals surface area contributed by atoms with E-state index in [0.717, 1.165) is 0 Å². The monoisotopic (exact) mass is 282 g/mol. The zero-order valence-corrected chi connectivity index (χ0v) is 10.7. The summed E-state index contributed by atoms with van der Waals surface area (Å²) < 4.78 is 0. The number of nitrogens with zero attached hydrogens (tertiary/aromatic N) is 2. The number of hydrogen-bond donors (Lipinski definition) is 2. The number of rotatable bonds is 3. The summed E-state index contributed by atoms with van der Waals surface area (Å²) in [5, 5.41) is 22.3. The van der Waals surface area contributed by atoms with Gasteiger partial charge >= 0.3 is 5.69 Å². The first-order valence-electron chi connectivity index (χ1n) is 5.87. The van der Waals surface area contributed by atoms with Crippen LogP contribution >= 0.6 is 0 Å². The lowest BCUT2D eigenvalue weighted by molar-refractivity contribution is -0.384. The quantitative estimate of drug-likeness (QED) is 0.508. The molecule has 2 aromatic carbocycles. The summed E-state index contributed by atoms with van der Waals surface area (Å²) >= 11 is 0. The smallest absolute Gasteiger partial charge is 0.304 e. The number of carbonyl (C=O) groups excluding carboxylic acids is 1. The predicted molar refractivity (Wildman–Crippen MR) is 76.6 cm³/mol. The molecule has 0 unspecified atom stereocenters. The number of benzene rings is 2. The van der Waals surface area contributed by atoms with Crippen LogP contribution in [0.15, 0.2) is 42.5 Å². The normalized spacial score (nSPS) is 9.67. The molecule has 1 amide bonds. The van der Waals surface area contributed by atoms with Crippen molar-refractivity contribution in [1.29, 1.82) is 5.26 Å². The molecule has 2 rings (SSSR count). The number of carbonyl (C=O) groups is 1. The van der Waals surface area contributed by atoms with E-state index in [1.165, 1.54) is 24.3 Å². The fourth-order valence-corrected chi connectivity index (χ4v) is 1.81. The SMILES string of the molecule is N#Cc1cccc(NC(=O)c2cccc(N)c2[N+](=O)[O-])c1. The van der Waals surface area contributed by atoms with Crippen molar-refractivity contribution >= 4 is 23.0 Å². The Labute approximate surface area is 119 Å². The van der Waals surface area contributed by atoms with Gasteiger partial charge in [0.1, 0.15) is 11.3 Å². The van der Waals surface area contributed by atoms with Crippen LogP contribution in [0.4, 0.5) is 17.1 Å². The molecule has 2 aromatic rings. The van der Waals surface area contributed by atoms with Gasteiger partial charge in [-0.25, -0.2) is 0 Å². The summed E-state index contributed by atoms with van der Waals surface area (Å²) in [5.41, 5.74) is 5.62. The number of nitro groups is 1. The first-order chi connectivity index (χ1) is 10.0. The number of hydrogen-bond acceptors (Lipinski definition) is 5. The third-order valence-electron chi connectivity index (χ3n) is 2.74. The Bertz CT molecular complexity index is 765. The molecule has 0 aliphatic rings. The van der Waals surface area contributed by atoms with E-state index in [2.05, 4.69) is 5.32 Å². The largest absolute Gasteiger partial charge is 0.393 e. The van der Waals surface area contributed by atoms with E-state index in [-0.39, 0.29) is 11.3 Å². The van der Waals surface area contributed by atoms with Crippen molar-refractivity contribution in [2.24, 2.45) is 0 Å². The fourth-order valence-electron chi connectivity index (χ4n) is 1.81. The molecular formula is C14H10N4O3. The molecule has 7 nitrogen and oxygen atoms in total. The number of nitro benzene ring substituents is 1. The molecule has 0 bridgehead atoms. The topological polar surface area (TPSA) is 122 Å². The van der Waals surface area contributed by atoms with E-state index in [0.29, 0.717) is 11.3 Å². The summed E-state index contributed by atoms with van der Waals surface area (Å²) in [6.07, 6.45) is 0. The van der Waals surface area contributed by atoms with Gasteiger partial charge < -0.3 is 11.1 Å². The maximum atomic E-state index is 12.1. The average molecular weight is 282 g/mol. The minimum Gasteiger partial charge on any atom is -0.393 e. The van der Waals surface area contributed by atoms with E-state index >= 15 is 0 Å². The zero-order valence-electron chi connectivity index (χ0n) is 10.7. The van der Waals surface area contributed by atoms with Crippen molar-refractivity contribution in [2.45, 2.75) is 0 Å². The van der Waals surface area contributed by atoms with Crippen LogP contribution in [0.25, 0.3) is 0 Å². The highest BCUT2D eigenvalue weighted by atomic mass is 16.6. The van der Waals surface area contributed by atoms with Gasteiger partial charge in [-0.15, -0.1) is 0 Å². The van der Waals surface area contributed by atoms with Crippen molar-refractivity contribution in [2.75, 3.05) is 11.1 Å². The van der Waals surface area contributed by atoms with Crippen molar-refractivity contribution < 1.29 is 9.72 Å². The number of amides is 1. The molecule has 0 aliphatic carbocycles. The van der Waals surface area contributed by atoms with E-state index in [1.54, 1.807) is 18.2 Å². The minimum atomic E-state index is -0.698. The molecule has 0 heterocycles. The Hall–Kier alpha value is -3.40. The molecule has 0 aromatic heterocycles. The van der Waals surface area contributed by atoms with Gasteiger partial charge in [0.05, 0.1) is 16.6 Å². The van der Waals surface area contributed by atoms with Crippen LogP contribution in [-0.2, 0) is 0 Å². The van der Waals surface area contributed by atoms with Gasteiger partial charge in [0.25, 0.3) is 5.91 Å². The lowest BCUT2D eigenvalue weighted by Crippen LogP contribution is -2.15. The van der Waals surface area contributed by atoms with Crippen LogP contribution in [0.1, 0.15) is 15.9 Å². The molecule has 0 saturated heterocycles. The Morgan fingerprint density at radius 2 is 2.00 bits per heavy atom. The van der Waals surface area contributed by atoms with Gasteiger partial charge in [-0.1, -0.05) is 12.1 Å². The second kappa shape index (κ2) is 5.71. The fraction of sp³-hybridized carbons (Fsp3) is 0. The third kappa shape index (κ3) is 2.96. The standard InChI is InChI=1S/C14H10N4O3/c15-8-9-3-1-4-10(7-9)17-14(19)11-5-2-6-12(16)13(11)18(20)21/h1-7H,16H2,(H,17,19). The van der Waals surface area contributed by atoms with E-state index < -0.39 is 16.5 Å². The average Bonchev–Trinajstić information content (AvgIpc) is 2.46. The third-order valence-corrected chi connectivity index (χ3v) is 2.74. The summed E-state index contributed by atoms with van der Waals surface area (Å²) in [4.78, 5) is 22.4. The second-order valence-corrected chi connectivity index (χ2v) is 4.15. The van der Waals surface area contributed by atoms with E-state index in [1.807, 2.05) is 6.07 Å². The molecule has 0 spiro atoms. The van der Waals surface area contributed by atoms with Crippen LogP contribution in [0.3, 0.4) is 0 Å². The molecular weight excluding hydrogens is 272 g/mol. The van der Waals surface area contributed by atoms with Crippen LogP contribution in [-0.4, -0.2) is 10.8 Å². The Morgan fingerprint density at radius 3 is 2.67 bits per heavy atom. The minimum absolute atomic E-state index is 0.0848. The van der Waals surface area contributed by atoms with E-state index in [9.17, 15) is 14.9 Å². The molecule has 7 heteroatoms. The molecule has 0 saturated carbocycles. The summed E-state index contributed by atoms with van der Waals surface area (Å²) in [6, 6.07) is 12.3. The molecule has 0 atom stereocenters. The highest BCUT2D eigenvalue weighted by Crippen LogP contribution is 2.26. The molecule has 21 heavy (non-hydrogen) atoms. The number of nitrogens with two attached hydrogens (primary N) is 1. The Morgan fingerprint density at radius 1 is 1.29 bits per heavy atom. The molecule has 0 fully saturated rings. The first-order valence-corrected chi connectivity index (χ1v) is 5.87. The second-order valence-electron chi connectivity index (χ2n) is 4.15. The van der Waals surface area contributed by atoms with Gasteiger partial charge in [-0.05, 0) is 30.3 Å². The molecule has 0 aliphatic heterocycles. The molecule has 104 valence electrons. The number of para-hydroxylation sites is 1. The zero-order chi connectivity index (χ0) is 15.4. The lowest BCUT2D eigenvalue weighted by Gasteiger charge is -2.07. The van der Waals surface area contributed by atoms with E-state index in [4.69, 9.17) is 11.0 Å². The number of anilines is 2. The Balaban J connectivity index is 2.35. The van der Waals surface area contributed by atoms with Crippen molar-refractivity contribution in [3.63, 3.8) is 0 Å². The summed E-state index contributed by atoms with van der Waals surface area (Å²) in [6.45, 7) is 0. The van der Waals surface area contributed by atoms with Crippen LogP contribution in [0, 0.1) is 21.4 Å². The number of nitriles is 1. The first kappa shape index (κ1) is 14.0. The van der Waals surface area contributed by atoms with Crippen LogP contribution < -0.4 is 11.1 Å². The summed E-state index contributed by atoms with van der Waals surface area (Å²) in [5.74, 6) is -0.663. The van der Waals surface area contributed by atoms with Gasteiger partial charge in [-0.3, -0.25) is 14.9 Å². The molecule has 0 radical (unpaired) electrons. The Kier molecular flexibility index (Phi) is 3.81. The van der Waals surface area contributed by atoms with Gasteiger partial charge in [0.15, 0.2) is 0 Å². The van der Waals surface area contributed by atoms with Gasteiger partial charge in [0, 0.05) is 5.69 Å². The maximum absolute atomic E-state index is 12.1. The van der Waals surface area contributed by atoms with Crippen molar-refractivity contribution in [1.82, 2.24) is 0 Å². The number of nitrogens with one attached hydrogen (secondary N) is 1. The lowest BCUT2D eigenvalue weighted by atomic mass is 10.1. The highest BCUT2D eigenvalue weighted by molar-refractivity contribution is 6.08. The van der Waals surface area contributed by atoms with Crippen molar-refractivity contribution in [3.8, 4) is 6.07 Å². The van der Waals surface area contributed by atoms with Crippen LogP contribution in [0.5, 0.6) is 0 Å². The number of nitrogen functional groups attached to an aromatic ring is 1. The predicted octanol–water partition coefficient (Wildman–Crippen LogP) is 2.30. The highest BCUT2D eigenvalue weighted by Gasteiger charge is 2.23. The maximum Gasteiger partial charge on any atom is 0.304 e. The van der Waals surface area contributed by atoms with Crippen LogP contribution in [0.2, 0.25) is 0 Å².